The van der Waals surface area contributed by atoms with E-state index in [-0.39, 0.29) is 22.1 Å². The Labute approximate surface area is 126 Å². The molecule has 0 fully saturated rings. The van der Waals surface area contributed by atoms with Crippen LogP contribution in [0.4, 0.5) is 17.3 Å². The SMILES string of the molecule is CCCNc1cc([N+](=O)[O-])cc(N(C)C(C)C(C)(C)C)n1. The molecule has 1 heterocycles. The Kier molecular flexibility index (Phi) is 5.52. The van der Waals surface area contributed by atoms with E-state index in [1.165, 1.54) is 12.1 Å². The monoisotopic (exact) mass is 294 g/mol. The van der Waals surface area contributed by atoms with Crippen molar-refractivity contribution < 1.29 is 4.92 Å². The second-order valence-electron chi connectivity index (χ2n) is 6.41. The lowest BCUT2D eigenvalue weighted by Crippen LogP contribution is -2.39. The van der Waals surface area contributed by atoms with E-state index in [9.17, 15) is 10.1 Å². The van der Waals surface area contributed by atoms with E-state index in [0.29, 0.717) is 11.6 Å². The van der Waals surface area contributed by atoms with Crippen LogP contribution in [0.3, 0.4) is 0 Å². The molecule has 0 aromatic carbocycles. The molecule has 0 aliphatic heterocycles. The molecule has 0 radical (unpaired) electrons. The molecule has 1 N–H and O–H groups in total. The Morgan fingerprint density at radius 3 is 2.52 bits per heavy atom. The van der Waals surface area contributed by atoms with Gasteiger partial charge in [0, 0.05) is 19.6 Å². The van der Waals surface area contributed by atoms with Crippen LogP contribution in [0.2, 0.25) is 0 Å². The summed E-state index contributed by atoms with van der Waals surface area (Å²) >= 11 is 0. The molecule has 0 saturated heterocycles. The van der Waals surface area contributed by atoms with Crippen LogP contribution in [-0.2, 0) is 0 Å². The molecule has 6 heteroatoms. The van der Waals surface area contributed by atoms with Gasteiger partial charge in [0.2, 0.25) is 0 Å². The number of nitro groups is 1. The fraction of sp³-hybridized carbons (Fsp3) is 0.667. The molecule has 1 rings (SSSR count). The van der Waals surface area contributed by atoms with Crippen LogP contribution in [0.5, 0.6) is 0 Å². The Morgan fingerprint density at radius 1 is 1.43 bits per heavy atom. The van der Waals surface area contributed by atoms with Gasteiger partial charge in [0.15, 0.2) is 0 Å². The lowest BCUT2D eigenvalue weighted by molar-refractivity contribution is -0.384. The minimum atomic E-state index is -0.377. The van der Waals surface area contributed by atoms with E-state index < -0.39 is 0 Å². The summed E-state index contributed by atoms with van der Waals surface area (Å²) < 4.78 is 0. The molecule has 0 amide bonds. The molecular weight excluding hydrogens is 268 g/mol. The van der Waals surface area contributed by atoms with Crippen LogP contribution in [0.15, 0.2) is 12.1 Å². The summed E-state index contributed by atoms with van der Waals surface area (Å²) in [6.07, 6.45) is 0.938. The zero-order chi connectivity index (χ0) is 16.2. The highest BCUT2D eigenvalue weighted by atomic mass is 16.6. The van der Waals surface area contributed by atoms with Gasteiger partial charge >= 0.3 is 0 Å². The molecule has 1 aromatic rings. The lowest BCUT2D eigenvalue weighted by Gasteiger charge is -2.36. The number of pyridine rings is 1. The molecule has 1 unspecified atom stereocenters. The second kappa shape index (κ2) is 6.74. The maximum Gasteiger partial charge on any atom is 0.276 e. The van der Waals surface area contributed by atoms with Crippen molar-refractivity contribution in [3.05, 3.63) is 22.2 Å². The smallest absolute Gasteiger partial charge is 0.276 e. The molecule has 118 valence electrons. The van der Waals surface area contributed by atoms with Gasteiger partial charge in [-0.25, -0.2) is 4.98 Å². The maximum absolute atomic E-state index is 11.1. The largest absolute Gasteiger partial charge is 0.370 e. The summed E-state index contributed by atoms with van der Waals surface area (Å²) in [5.41, 5.74) is 0.115. The first-order chi connectivity index (χ1) is 9.66. The molecule has 0 saturated carbocycles. The van der Waals surface area contributed by atoms with Crippen LogP contribution in [-0.4, -0.2) is 29.5 Å². The highest BCUT2D eigenvalue weighted by molar-refractivity contribution is 5.56. The Balaban J connectivity index is 3.15. The summed E-state index contributed by atoms with van der Waals surface area (Å²) in [4.78, 5) is 17.2. The summed E-state index contributed by atoms with van der Waals surface area (Å²) in [6.45, 7) is 11.3. The van der Waals surface area contributed by atoms with Crippen LogP contribution < -0.4 is 10.2 Å². The van der Waals surface area contributed by atoms with Crippen molar-refractivity contribution >= 4 is 17.3 Å². The Bertz CT molecular complexity index is 497. The summed E-state index contributed by atoms with van der Waals surface area (Å²) in [5.74, 6) is 1.17. The quantitative estimate of drug-likeness (QED) is 0.640. The minimum absolute atomic E-state index is 0.0536. The molecular formula is C15H26N4O2. The highest BCUT2D eigenvalue weighted by Gasteiger charge is 2.26. The summed E-state index contributed by atoms with van der Waals surface area (Å²) in [7, 11) is 1.92. The van der Waals surface area contributed by atoms with Crippen molar-refractivity contribution in [3.8, 4) is 0 Å². The van der Waals surface area contributed by atoms with Crippen molar-refractivity contribution in [2.45, 2.75) is 47.1 Å². The lowest BCUT2D eigenvalue weighted by atomic mass is 9.87. The van der Waals surface area contributed by atoms with Gasteiger partial charge in [-0.15, -0.1) is 0 Å². The first-order valence-corrected chi connectivity index (χ1v) is 7.30. The van der Waals surface area contributed by atoms with Crippen LogP contribution in [0.1, 0.15) is 41.0 Å². The van der Waals surface area contributed by atoms with E-state index in [4.69, 9.17) is 0 Å². The topological polar surface area (TPSA) is 71.3 Å². The molecule has 1 aromatic heterocycles. The standard InChI is InChI=1S/C15H26N4O2/c1-7-8-16-13-9-12(19(20)21)10-14(17-13)18(6)11(2)15(3,4)5/h9-11H,7-8H2,1-6H3,(H,16,17). The Hall–Kier alpha value is -1.85. The van der Waals surface area contributed by atoms with E-state index in [1.807, 2.05) is 18.9 Å². The van der Waals surface area contributed by atoms with E-state index in [2.05, 4.69) is 38.0 Å². The third kappa shape index (κ3) is 4.58. The van der Waals surface area contributed by atoms with Crippen molar-refractivity contribution in [3.63, 3.8) is 0 Å². The fourth-order valence-corrected chi connectivity index (χ4v) is 1.91. The number of hydrogen-bond donors (Lipinski definition) is 1. The normalized spacial score (nSPS) is 12.9. The fourth-order valence-electron chi connectivity index (χ4n) is 1.91. The van der Waals surface area contributed by atoms with Crippen LogP contribution in [0, 0.1) is 15.5 Å². The van der Waals surface area contributed by atoms with Gasteiger partial charge in [0.1, 0.15) is 11.6 Å². The average molecular weight is 294 g/mol. The van der Waals surface area contributed by atoms with E-state index in [0.717, 1.165) is 13.0 Å². The zero-order valence-electron chi connectivity index (χ0n) is 13.8. The maximum atomic E-state index is 11.1. The molecule has 0 aliphatic carbocycles. The van der Waals surface area contributed by atoms with Gasteiger partial charge in [-0.3, -0.25) is 10.1 Å². The second-order valence-corrected chi connectivity index (χ2v) is 6.41. The number of anilines is 2. The summed E-state index contributed by atoms with van der Waals surface area (Å²) in [5, 5.41) is 14.2. The van der Waals surface area contributed by atoms with Gasteiger partial charge < -0.3 is 10.2 Å². The molecule has 21 heavy (non-hydrogen) atoms. The number of rotatable bonds is 6. The predicted molar refractivity (Wildman–Crippen MR) is 87.0 cm³/mol. The number of aromatic nitrogens is 1. The minimum Gasteiger partial charge on any atom is -0.370 e. The number of nitrogens with one attached hydrogen (secondary N) is 1. The van der Waals surface area contributed by atoms with Crippen LogP contribution in [0.25, 0.3) is 0 Å². The third-order valence-corrected chi connectivity index (χ3v) is 3.76. The average Bonchev–Trinajstić information content (AvgIpc) is 2.42. The first-order valence-electron chi connectivity index (χ1n) is 7.30. The van der Waals surface area contributed by atoms with Gasteiger partial charge in [0.05, 0.1) is 17.1 Å². The van der Waals surface area contributed by atoms with Gasteiger partial charge in [0.25, 0.3) is 5.69 Å². The third-order valence-electron chi connectivity index (χ3n) is 3.76. The van der Waals surface area contributed by atoms with Crippen molar-refractivity contribution in [1.82, 2.24) is 4.98 Å². The van der Waals surface area contributed by atoms with Gasteiger partial charge in [-0.1, -0.05) is 27.7 Å². The number of hydrogen-bond acceptors (Lipinski definition) is 5. The van der Waals surface area contributed by atoms with Crippen molar-refractivity contribution in [2.75, 3.05) is 23.8 Å². The molecule has 6 nitrogen and oxygen atoms in total. The highest BCUT2D eigenvalue weighted by Crippen LogP contribution is 2.29. The van der Waals surface area contributed by atoms with Crippen molar-refractivity contribution in [1.29, 1.82) is 0 Å². The molecule has 1 atom stereocenters. The molecule has 0 spiro atoms. The van der Waals surface area contributed by atoms with Crippen molar-refractivity contribution in [2.24, 2.45) is 5.41 Å². The zero-order valence-corrected chi connectivity index (χ0v) is 13.8. The summed E-state index contributed by atoms with van der Waals surface area (Å²) in [6, 6.07) is 3.21. The van der Waals surface area contributed by atoms with E-state index in [1.54, 1.807) is 0 Å². The number of nitrogens with zero attached hydrogens (tertiary/aromatic N) is 3. The Morgan fingerprint density at radius 2 is 2.05 bits per heavy atom. The van der Waals surface area contributed by atoms with Crippen LogP contribution >= 0.6 is 0 Å². The van der Waals surface area contributed by atoms with Gasteiger partial charge in [-0.2, -0.15) is 0 Å². The van der Waals surface area contributed by atoms with E-state index >= 15 is 0 Å². The molecule has 0 aliphatic rings. The van der Waals surface area contributed by atoms with Gasteiger partial charge in [-0.05, 0) is 18.8 Å². The molecule has 0 bridgehead atoms. The predicted octanol–water partition coefficient (Wildman–Crippen LogP) is 3.68. The first kappa shape index (κ1) is 17.2.